The number of hydrogen-bond donors (Lipinski definition) is 0. The van der Waals surface area contributed by atoms with E-state index in [9.17, 15) is 0 Å². The quantitative estimate of drug-likeness (QED) is 0.469. The minimum Gasteiger partial charge on any atom is -0.368 e. The van der Waals surface area contributed by atoms with Gasteiger partial charge in [0, 0.05) is 0 Å². The summed E-state index contributed by atoms with van der Waals surface area (Å²) >= 11 is 0. The van der Waals surface area contributed by atoms with E-state index in [-0.39, 0.29) is 36.6 Å². The molecule has 8 nitrogen and oxygen atoms in total. The first kappa shape index (κ1) is 26.1. The second-order valence-electron chi connectivity index (χ2n) is 11.0. The third-order valence-corrected chi connectivity index (χ3v) is 7.11. The number of benzene rings is 2. The Bertz CT molecular complexity index is 1020. The summed E-state index contributed by atoms with van der Waals surface area (Å²) in [4.78, 5) is 0. The van der Waals surface area contributed by atoms with Crippen LogP contribution in [0.2, 0.25) is 0 Å². The molecule has 8 heteroatoms. The highest BCUT2D eigenvalue weighted by Gasteiger charge is 2.56. The molecule has 0 radical (unpaired) electrons. The Morgan fingerprint density at radius 2 is 1.00 bits per heavy atom. The molecule has 0 unspecified atom stereocenters. The Kier molecular flexibility index (Phi) is 7.17. The lowest BCUT2D eigenvalue weighted by molar-refractivity contribution is -0.215. The van der Waals surface area contributed by atoms with Gasteiger partial charge in [0.2, 0.25) is 0 Å². The molecule has 4 fully saturated rings. The Labute approximate surface area is 223 Å². The van der Waals surface area contributed by atoms with E-state index in [1.807, 2.05) is 101 Å². The van der Waals surface area contributed by atoms with Crippen molar-refractivity contribution in [1.29, 1.82) is 0 Å². The molecule has 0 saturated carbocycles. The lowest BCUT2D eigenvalue weighted by Crippen LogP contribution is -2.37. The largest absolute Gasteiger partial charge is 0.368 e. The van der Waals surface area contributed by atoms with Crippen LogP contribution in [0.4, 0.5) is 0 Å². The minimum atomic E-state index is -0.734. The molecule has 0 aromatic heterocycles. The van der Waals surface area contributed by atoms with Crippen molar-refractivity contribution in [2.45, 2.75) is 102 Å². The van der Waals surface area contributed by atoms with Gasteiger partial charge in [-0.1, -0.05) is 72.8 Å². The standard InChI is InChI=1S/C30H36O8/c1-29(2)35-25-23(31-17-19-11-7-5-8-12-19)21(33-27(25)37-29)15-16-22-24(32-18-20-13-9-6-10-14-20)26-28(34-22)38-30(3,4)36-26/h5-16,21-28H,17-18H2,1-4H3/b16-15+/t21-,22-,23-,24-,25-,26-,27-,28-/m1/s1. The summed E-state index contributed by atoms with van der Waals surface area (Å²) in [5.41, 5.74) is 2.16. The molecule has 2 aromatic rings. The molecule has 0 aliphatic carbocycles. The average molecular weight is 525 g/mol. The second-order valence-corrected chi connectivity index (χ2v) is 11.0. The normalized spacial score (nSPS) is 37.1. The highest BCUT2D eigenvalue weighted by atomic mass is 16.9. The fourth-order valence-corrected chi connectivity index (χ4v) is 5.45. The summed E-state index contributed by atoms with van der Waals surface area (Å²) < 4.78 is 49.5. The summed E-state index contributed by atoms with van der Waals surface area (Å²) in [6, 6.07) is 20.1. The fourth-order valence-electron chi connectivity index (χ4n) is 5.45. The first-order chi connectivity index (χ1) is 18.3. The van der Waals surface area contributed by atoms with Gasteiger partial charge in [-0.25, -0.2) is 0 Å². The number of fused-ring (bicyclic) bond motifs is 2. The zero-order valence-corrected chi connectivity index (χ0v) is 22.2. The SMILES string of the molecule is CC1(C)O[C@H]2O[C@H](/C=C/[C@H]3O[C@@H]4OC(C)(C)O[C@@H]4[C@@H]3OCc3ccccc3)[C@@H](OCc3ccccc3)[C@H]2O1. The summed E-state index contributed by atoms with van der Waals surface area (Å²) in [6.45, 7) is 8.42. The van der Waals surface area contributed by atoms with Gasteiger partial charge in [-0.2, -0.15) is 0 Å². The summed E-state index contributed by atoms with van der Waals surface area (Å²) in [5, 5.41) is 0. The maximum absolute atomic E-state index is 6.36. The van der Waals surface area contributed by atoms with Crippen molar-refractivity contribution < 1.29 is 37.9 Å². The van der Waals surface area contributed by atoms with Gasteiger partial charge in [-0.15, -0.1) is 0 Å². The van der Waals surface area contributed by atoms with E-state index < -0.39 is 24.2 Å². The van der Waals surface area contributed by atoms with Crippen LogP contribution < -0.4 is 0 Å². The summed E-state index contributed by atoms with van der Waals surface area (Å²) in [7, 11) is 0. The van der Waals surface area contributed by atoms with E-state index in [0.717, 1.165) is 11.1 Å². The van der Waals surface area contributed by atoms with Crippen molar-refractivity contribution in [2.75, 3.05) is 0 Å². The van der Waals surface area contributed by atoms with Crippen LogP contribution in [0.1, 0.15) is 38.8 Å². The topological polar surface area (TPSA) is 73.8 Å². The molecule has 204 valence electrons. The predicted octanol–water partition coefficient (Wildman–Crippen LogP) is 4.47. The average Bonchev–Trinajstić information content (AvgIpc) is 3.56. The lowest BCUT2D eigenvalue weighted by atomic mass is 10.1. The number of hydrogen-bond acceptors (Lipinski definition) is 8. The Balaban J connectivity index is 1.18. The van der Waals surface area contributed by atoms with Gasteiger partial charge >= 0.3 is 0 Å². The molecule has 4 aliphatic rings. The second kappa shape index (κ2) is 10.4. The summed E-state index contributed by atoms with van der Waals surface area (Å²) in [6.07, 6.45) is 0.734. The third-order valence-electron chi connectivity index (χ3n) is 7.11. The smallest absolute Gasteiger partial charge is 0.190 e. The maximum atomic E-state index is 6.36. The van der Waals surface area contributed by atoms with Crippen molar-refractivity contribution >= 4 is 0 Å². The van der Waals surface area contributed by atoms with Crippen molar-refractivity contribution in [3.8, 4) is 0 Å². The van der Waals surface area contributed by atoms with Gasteiger partial charge in [0.05, 0.1) is 13.2 Å². The van der Waals surface area contributed by atoms with Crippen LogP contribution in [-0.2, 0) is 51.1 Å². The molecule has 38 heavy (non-hydrogen) atoms. The predicted molar refractivity (Wildman–Crippen MR) is 137 cm³/mol. The van der Waals surface area contributed by atoms with Gasteiger partial charge < -0.3 is 37.9 Å². The van der Waals surface area contributed by atoms with E-state index in [4.69, 9.17) is 37.9 Å². The molecule has 0 spiro atoms. The molecular formula is C30H36O8. The Hall–Kier alpha value is -2.14. The third kappa shape index (κ3) is 5.59. The highest BCUT2D eigenvalue weighted by molar-refractivity contribution is 5.16. The monoisotopic (exact) mass is 524 g/mol. The maximum Gasteiger partial charge on any atom is 0.190 e. The molecule has 6 rings (SSSR count). The van der Waals surface area contributed by atoms with Crippen LogP contribution in [0, 0.1) is 0 Å². The van der Waals surface area contributed by atoms with E-state index >= 15 is 0 Å². The van der Waals surface area contributed by atoms with Gasteiger partial charge in [0.25, 0.3) is 0 Å². The van der Waals surface area contributed by atoms with Crippen molar-refractivity contribution in [1.82, 2.24) is 0 Å². The molecular weight excluding hydrogens is 488 g/mol. The van der Waals surface area contributed by atoms with Crippen LogP contribution in [0.3, 0.4) is 0 Å². The first-order valence-electron chi connectivity index (χ1n) is 13.3. The minimum absolute atomic E-state index is 0.343. The van der Waals surface area contributed by atoms with Gasteiger partial charge in [-0.05, 0) is 38.8 Å². The van der Waals surface area contributed by atoms with Gasteiger partial charge in [0.15, 0.2) is 24.2 Å². The van der Waals surface area contributed by atoms with Crippen LogP contribution in [0.25, 0.3) is 0 Å². The number of ether oxygens (including phenoxy) is 8. The molecule has 4 heterocycles. The van der Waals surface area contributed by atoms with Crippen molar-refractivity contribution in [3.63, 3.8) is 0 Å². The fraction of sp³-hybridized carbons (Fsp3) is 0.533. The lowest BCUT2D eigenvalue weighted by Gasteiger charge is -2.26. The molecule has 4 aliphatic heterocycles. The first-order valence-corrected chi connectivity index (χ1v) is 13.3. The van der Waals surface area contributed by atoms with Crippen molar-refractivity contribution in [2.24, 2.45) is 0 Å². The van der Waals surface area contributed by atoms with Gasteiger partial charge in [-0.3, -0.25) is 0 Å². The van der Waals surface area contributed by atoms with E-state index in [0.29, 0.717) is 13.2 Å². The molecule has 4 saturated heterocycles. The van der Waals surface area contributed by atoms with Gasteiger partial charge in [0.1, 0.15) is 36.6 Å². The van der Waals surface area contributed by atoms with Crippen LogP contribution in [0.5, 0.6) is 0 Å². The molecule has 0 amide bonds. The molecule has 8 atom stereocenters. The van der Waals surface area contributed by atoms with E-state index in [2.05, 4.69) is 0 Å². The van der Waals surface area contributed by atoms with Crippen LogP contribution in [0.15, 0.2) is 72.8 Å². The Morgan fingerprint density at radius 3 is 1.39 bits per heavy atom. The van der Waals surface area contributed by atoms with Crippen molar-refractivity contribution in [3.05, 3.63) is 83.9 Å². The molecule has 0 bridgehead atoms. The Morgan fingerprint density at radius 1 is 0.605 bits per heavy atom. The van der Waals surface area contributed by atoms with E-state index in [1.165, 1.54) is 0 Å². The van der Waals surface area contributed by atoms with Crippen LogP contribution >= 0.6 is 0 Å². The molecule has 2 aromatic carbocycles. The zero-order chi connectivity index (χ0) is 26.3. The molecule has 0 N–H and O–H groups in total. The van der Waals surface area contributed by atoms with E-state index in [1.54, 1.807) is 0 Å². The van der Waals surface area contributed by atoms with Crippen LogP contribution in [-0.4, -0.2) is 60.8 Å². The zero-order valence-electron chi connectivity index (χ0n) is 22.2. The highest BCUT2D eigenvalue weighted by Crippen LogP contribution is 2.41. The number of rotatable bonds is 8. The summed E-state index contributed by atoms with van der Waals surface area (Å²) in [5.74, 6) is -1.47.